The molecule has 0 unspecified atom stereocenters. The van der Waals surface area contributed by atoms with Gasteiger partial charge in [0.2, 0.25) is 5.88 Å². The van der Waals surface area contributed by atoms with Crippen LogP contribution < -0.4 is 10.1 Å². The minimum Gasteiger partial charge on any atom is -0.478 e. The van der Waals surface area contributed by atoms with Gasteiger partial charge in [-0.1, -0.05) is 13.0 Å². The van der Waals surface area contributed by atoms with E-state index in [0.29, 0.717) is 19.0 Å². The number of thiophene rings is 1. The SMILES string of the molecule is CCCOc1ccc(CNC(=NC)N(C)Cc2ccsc2)cn1. The van der Waals surface area contributed by atoms with E-state index in [4.69, 9.17) is 4.74 Å². The summed E-state index contributed by atoms with van der Waals surface area (Å²) in [5.74, 6) is 1.54. The van der Waals surface area contributed by atoms with Gasteiger partial charge in [-0.25, -0.2) is 4.98 Å². The maximum absolute atomic E-state index is 5.49. The van der Waals surface area contributed by atoms with Crippen LogP contribution in [-0.4, -0.2) is 36.5 Å². The summed E-state index contributed by atoms with van der Waals surface area (Å²) < 4.78 is 5.49. The number of hydrogen-bond donors (Lipinski definition) is 1. The summed E-state index contributed by atoms with van der Waals surface area (Å²) in [5, 5.41) is 7.61. The second kappa shape index (κ2) is 9.15. The van der Waals surface area contributed by atoms with Crippen molar-refractivity contribution in [3.8, 4) is 5.88 Å². The van der Waals surface area contributed by atoms with Crippen molar-refractivity contribution in [3.63, 3.8) is 0 Å². The normalized spacial score (nSPS) is 11.3. The van der Waals surface area contributed by atoms with E-state index in [-0.39, 0.29) is 0 Å². The first-order valence-electron chi connectivity index (χ1n) is 7.73. The van der Waals surface area contributed by atoms with Crippen LogP contribution in [0.5, 0.6) is 5.88 Å². The molecule has 2 heterocycles. The van der Waals surface area contributed by atoms with Gasteiger partial charge in [0.05, 0.1) is 6.61 Å². The van der Waals surface area contributed by atoms with Gasteiger partial charge in [-0.15, -0.1) is 0 Å². The Morgan fingerprint density at radius 2 is 2.22 bits per heavy atom. The van der Waals surface area contributed by atoms with Crippen molar-refractivity contribution in [1.82, 2.24) is 15.2 Å². The van der Waals surface area contributed by atoms with E-state index < -0.39 is 0 Å². The third-order valence-corrected chi connectivity index (χ3v) is 4.01. The number of pyridine rings is 1. The van der Waals surface area contributed by atoms with Crippen LogP contribution in [0.3, 0.4) is 0 Å². The summed E-state index contributed by atoms with van der Waals surface area (Å²) >= 11 is 1.71. The lowest BCUT2D eigenvalue weighted by molar-refractivity contribution is 0.305. The molecule has 0 spiro atoms. The Morgan fingerprint density at radius 1 is 1.35 bits per heavy atom. The molecule has 6 heteroatoms. The minimum absolute atomic E-state index is 0.676. The van der Waals surface area contributed by atoms with E-state index in [1.54, 1.807) is 18.4 Å². The lowest BCUT2D eigenvalue weighted by atomic mass is 10.3. The van der Waals surface area contributed by atoms with Crippen LogP contribution in [-0.2, 0) is 13.1 Å². The zero-order valence-electron chi connectivity index (χ0n) is 14.0. The van der Waals surface area contributed by atoms with E-state index in [1.807, 2.05) is 25.4 Å². The van der Waals surface area contributed by atoms with Crippen molar-refractivity contribution in [1.29, 1.82) is 0 Å². The van der Waals surface area contributed by atoms with E-state index in [0.717, 1.165) is 24.5 Å². The highest BCUT2D eigenvalue weighted by Crippen LogP contribution is 2.10. The van der Waals surface area contributed by atoms with Crippen molar-refractivity contribution in [2.75, 3.05) is 20.7 Å². The molecule has 0 aliphatic rings. The van der Waals surface area contributed by atoms with Crippen LogP contribution >= 0.6 is 11.3 Å². The molecule has 0 aliphatic heterocycles. The molecule has 0 atom stereocenters. The summed E-state index contributed by atoms with van der Waals surface area (Å²) in [4.78, 5) is 10.7. The molecule has 2 rings (SSSR count). The molecule has 23 heavy (non-hydrogen) atoms. The molecular formula is C17H24N4OS. The molecule has 2 aromatic rings. The van der Waals surface area contributed by atoms with Crippen LogP contribution in [0, 0.1) is 0 Å². The number of guanidine groups is 1. The van der Waals surface area contributed by atoms with E-state index >= 15 is 0 Å². The Labute approximate surface area is 142 Å². The number of hydrogen-bond acceptors (Lipinski definition) is 4. The zero-order valence-corrected chi connectivity index (χ0v) is 14.8. The summed E-state index contributed by atoms with van der Waals surface area (Å²) in [6, 6.07) is 6.06. The first-order valence-corrected chi connectivity index (χ1v) is 8.67. The fourth-order valence-electron chi connectivity index (χ4n) is 2.10. The van der Waals surface area contributed by atoms with Crippen molar-refractivity contribution in [2.24, 2.45) is 4.99 Å². The fourth-order valence-corrected chi connectivity index (χ4v) is 2.76. The first-order chi connectivity index (χ1) is 11.2. The van der Waals surface area contributed by atoms with Gasteiger partial charge in [0.15, 0.2) is 5.96 Å². The number of nitrogens with one attached hydrogen (secondary N) is 1. The molecule has 0 aromatic carbocycles. The monoisotopic (exact) mass is 332 g/mol. The lowest BCUT2D eigenvalue weighted by Crippen LogP contribution is -2.37. The largest absolute Gasteiger partial charge is 0.478 e. The van der Waals surface area contributed by atoms with Crippen molar-refractivity contribution in [3.05, 3.63) is 46.3 Å². The molecule has 124 valence electrons. The topological polar surface area (TPSA) is 49.8 Å². The second-order valence-electron chi connectivity index (χ2n) is 5.24. The molecule has 5 nitrogen and oxygen atoms in total. The smallest absolute Gasteiger partial charge is 0.213 e. The van der Waals surface area contributed by atoms with Crippen molar-refractivity contribution >= 4 is 17.3 Å². The molecule has 0 saturated carbocycles. The standard InChI is InChI=1S/C17H24N4OS/c1-4-8-22-16-6-5-14(10-19-16)11-20-17(18-2)21(3)12-15-7-9-23-13-15/h5-7,9-10,13H,4,8,11-12H2,1-3H3,(H,18,20). The molecule has 0 saturated heterocycles. The van der Waals surface area contributed by atoms with Gasteiger partial charge in [-0.2, -0.15) is 11.3 Å². The number of nitrogens with zero attached hydrogens (tertiary/aromatic N) is 3. The highest BCUT2D eigenvalue weighted by atomic mass is 32.1. The number of rotatable bonds is 7. The van der Waals surface area contributed by atoms with Crippen molar-refractivity contribution in [2.45, 2.75) is 26.4 Å². The van der Waals surface area contributed by atoms with Crippen LogP contribution in [0.1, 0.15) is 24.5 Å². The van der Waals surface area contributed by atoms with Crippen LogP contribution in [0.4, 0.5) is 0 Å². The molecule has 0 aliphatic carbocycles. The average Bonchev–Trinajstić information content (AvgIpc) is 3.07. The predicted octanol–water partition coefficient (Wildman–Crippen LogP) is 3.14. The van der Waals surface area contributed by atoms with Gasteiger partial charge in [0.25, 0.3) is 0 Å². The Hall–Kier alpha value is -2.08. The molecule has 0 radical (unpaired) electrons. The van der Waals surface area contributed by atoms with E-state index in [2.05, 4.69) is 43.9 Å². The number of ether oxygens (including phenoxy) is 1. The number of aliphatic imine (C=N–C) groups is 1. The average molecular weight is 332 g/mol. The van der Waals surface area contributed by atoms with Gasteiger partial charge in [-0.05, 0) is 34.4 Å². The van der Waals surface area contributed by atoms with Gasteiger partial charge >= 0.3 is 0 Å². The van der Waals surface area contributed by atoms with Gasteiger partial charge < -0.3 is 15.0 Å². The molecular weight excluding hydrogens is 308 g/mol. The fraction of sp³-hybridized carbons (Fsp3) is 0.412. The molecule has 0 amide bonds. The Balaban J connectivity index is 1.85. The Morgan fingerprint density at radius 3 is 2.83 bits per heavy atom. The summed E-state index contributed by atoms with van der Waals surface area (Å²) in [7, 11) is 3.83. The summed E-state index contributed by atoms with van der Waals surface area (Å²) in [5.41, 5.74) is 2.39. The van der Waals surface area contributed by atoms with Gasteiger partial charge in [0.1, 0.15) is 0 Å². The lowest BCUT2D eigenvalue weighted by Gasteiger charge is -2.21. The number of aromatic nitrogens is 1. The Bertz CT molecular complexity index is 596. The maximum Gasteiger partial charge on any atom is 0.213 e. The van der Waals surface area contributed by atoms with Gasteiger partial charge in [-0.3, -0.25) is 4.99 Å². The van der Waals surface area contributed by atoms with Crippen LogP contribution in [0.2, 0.25) is 0 Å². The third kappa shape index (κ3) is 5.56. The molecule has 0 fully saturated rings. The molecule has 2 aromatic heterocycles. The van der Waals surface area contributed by atoms with E-state index in [1.165, 1.54) is 5.56 Å². The summed E-state index contributed by atoms with van der Waals surface area (Å²) in [6.07, 6.45) is 2.82. The van der Waals surface area contributed by atoms with Crippen LogP contribution in [0.15, 0.2) is 40.1 Å². The minimum atomic E-state index is 0.676. The van der Waals surface area contributed by atoms with Crippen molar-refractivity contribution < 1.29 is 4.74 Å². The molecule has 1 N–H and O–H groups in total. The second-order valence-corrected chi connectivity index (χ2v) is 6.02. The maximum atomic E-state index is 5.49. The Kier molecular flexibility index (Phi) is 6.87. The predicted molar refractivity (Wildman–Crippen MR) is 96.0 cm³/mol. The highest BCUT2D eigenvalue weighted by molar-refractivity contribution is 7.07. The highest BCUT2D eigenvalue weighted by Gasteiger charge is 2.07. The zero-order chi connectivity index (χ0) is 16.5. The summed E-state index contributed by atoms with van der Waals surface area (Å²) in [6.45, 7) is 4.30. The molecule has 0 bridgehead atoms. The van der Waals surface area contributed by atoms with Gasteiger partial charge in [0, 0.05) is 39.4 Å². The van der Waals surface area contributed by atoms with Crippen LogP contribution in [0.25, 0.3) is 0 Å². The third-order valence-electron chi connectivity index (χ3n) is 3.28. The van der Waals surface area contributed by atoms with E-state index in [9.17, 15) is 0 Å². The first kappa shape index (κ1) is 17.3. The quantitative estimate of drug-likeness (QED) is 0.625.